The van der Waals surface area contributed by atoms with E-state index < -0.39 is 0 Å². The van der Waals surface area contributed by atoms with Crippen LogP contribution < -0.4 is 0 Å². The van der Waals surface area contributed by atoms with Crippen molar-refractivity contribution in [3.63, 3.8) is 0 Å². The first kappa shape index (κ1) is 11.8. The average Bonchev–Trinajstić information content (AvgIpc) is 2.31. The maximum Gasteiger partial charge on any atom is -0.0173 e. The zero-order valence-corrected chi connectivity index (χ0v) is 9.52. The van der Waals surface area contributed by atoms with Crippen molar-refractivity contribution < 1.29 is 0 Å². The van der Waals surface area contributed by atoms with Gasteiger partial charge in [-0.2, -0.15) is 0 Å². The minimum absolute atomic E-state index is 0.520. The van der Waals surface area contributed by atoms with Gasteiger partial charge in [-0.1, -0.05) is 49.4 Å². The van der Waals surface area contributed by atoms with E-state index in [2.05, 4.69) is 56.5 Å². The molecule has 1 aromatic rings. The minimum atomic E-state index is 0.520. The maximum atomic E-state index is 3.89. The Balaban J connectivity index is 2.48. The van der Waals surface area contributed by atoms with Crippen LogP contribution in [0.25, 0.3) is 0 Å². The molecule has 0 bridgehead atoms. The van der Waals surface area contributed by atoms with Gasteiger partial charge in [-0.15, -0.1) is 13.2 Å². The maximum absolute atomic E-state index is 3.89. The number of rotatable bonds is 6. The minimum Gasteiger partial charge on any atom is -0.103 e. The Kier molecular flexibility index (Phi) is 4.89. The molecule has 0 aliphatic carbocycles. The van der Waals surface area contributed by atoms with Crippen molar-refractivity contribution in [1.29, 1.82) is 0 Å². The third-order valence-electron chi connectivity index (χ3n) is 2.96. The zero-order chi connectivity index (χ0) is 11.1. The lowest BCUT2D eigenvalue weighted by molar-refractivity contribution is 0.478. The van der Waals surface area contributed by atoms with Crippen LogP contribution in [0.2, 0.25) is 0 Å². The van der Waals surface area contributed by atoms with Crippen LogP contribution in [0, 0.1) is 11.8 Å². The predicted molar refractivity (Wildman–Crippen MR) is 67.8 cm³/mol. The lowest BCUT2D eigenvalue weighted by Crippen LogP contribution is -2.07. The lowest BCUT2D eigenvalue weighted by Gasteiger charge is -2.16. The van der Waals surface area contributed by atoms with Crippen LogP contribution in [-0.4, -0.2) is 0 Å². The van der Waals surface area contributed by atoms with Gasteiger partial charge < -0.3 is 0 Å². The number of allylic oxidation sites excluding steroid dienone is 2. The summed E-state index contributed by atoms with van der Waals surface area (Å²) >= 11 is 0. The Labute approximate surface area is 93.3 Å². The molecule has 0 unspecified atom stereocenters. The quantitative estimate of drug-likeness (QED) is 0.602. The van der Waals surface area contributed by atoms with Crippen LogP contribution in [0.3, 0.4) is 0 Å². The van der Waals surface area contributed by atoms with E-state index in [0.717, 1.165) is 12.8 Å². The second-order valence-electron chi connectivity index (χ2n) is 4.02. The molecule has 2 atom stereocenters. The fourth-order valence-corrected chi connectivity index (χ4v) is 1.75. The molecule has 0 heteroatoms. The van der Waals surface area contributed by atoms with Gasteiger partial charge in [0.25, 0.3) is 0 Å². The van der Waals surface area contributed by atoms with E-state index in [4.69, 9.17) is 0 Å². The van der Waals surface area contributed by atoms with E-state index in [9.17, 15) is 0 Å². The first-order valence-corrected chi connectivity index (χ1v) is 5.57. The van der Waals surface area contributed by atoms with Crippen molar-refractivity contribution in [1.82, 2.24) is 0 Å². The molecule has 0 amide bonds. The summed E-state index contributed by atoms with van der Waals surface area (Å²) in [4.78, 5) is 0. The number of benzene rings is 1. The molecule has 0 saturated carbocycles. The molecule has 0 saturated heterocycles. The molecule has 1 rings (SSSR count). The molecular formula is C15H20. The summed E-state index contributed by atoms with van der Waals surface area (Å²) in [5, 5.41) is 0. The van der Waals surface area contributed by atoms with Gasteiger partial charge in [0.2, 0.25) is 0 Å². The van der Waals surface area contributed by atoms with Crippen molar-refractivity contribution in [3.05, 3.63) is 61.2 Å². The molecule has 0 aliphatic rings. The van der Waals surface area contributed by atoms with Crippen LogP contribution >= 0.6 is 0 Å². The molecule has 0 fully saturated rings. The summed E-state index contributed by atoms with van der Waals surface area (Å²) in [5.74, 6) is 1.06. The third-order valence-corrected chi connectivity index (χ3v) is 2.96. The number of hydrogen-bond acceptors (Lipinski definition) is 0. The van der Waals surface area contributed by atoms with Crippen LogP contribution in [0.5, 0.6) is 0 Å². The first-order chi connectivity index (χ1) is 7.27. The highest BCUT2D eigenvalue weighted by molar-refractivity contribution is 5.15. The Hall–Kier alpha value is -1.30. The molecule has 0 radical (unpaired) electrons. The first-order valence-electron chi connectivity index (χ1n) is 5.57. The average molecular weight is 200 g/mol. The highest BCUT2D eigenvalue weighted by Crippen LogP contribution is 2.20. The predicted octanol–water partition coefficient (Wildman–Crippen LogP) is 4.24. The van der Waals surface area contributed by atoms with Gasteiger partial charge in [0.15, 0.2) is 0 Å². The lowest BCUT2D eigenvalue weighted by atomic mass is 9.88. The second-order valence-corrected chi connectivity index (χ2v) is 4.02. The van der Waals surface area contributed by atoms with Crippen molar-refractivity contribution in [2.75, 3.05) is 0 Å². The van der Waals surface area contributed by atoms with Crippen molar-refractivity contribution in [2.24, 2.45) is 11.8 Å². The second kappa shape index (κ2) is 6.23. The van der Waals surface area contributed by atoms with Gasteiger partial charge >= 0.3 is 0 Å². The molecular weight excluding hydrogens is 180 g/mol. The van der Waals surface area contributed by atoms with Crippen LogP contribution in [0.1, 0.15) is 18.9 Å². The normalized spacial score (nSPS) is 14.2. The van der Waals surface area contributed by atoms with Gasteiger partial charge in [-0.3, -0.25) is 0 Å². The molecule has 0 heterocycles. The van der Waals surface area contributed by atoms with Crippen molar-refractivity contribution in [2.45, 2.75) is 19.8 Å². The molecule has 0 N–H and O–H groups in total. The van der Waals surface area contributed by atoms with E-state index >= 15 is 0 Å². The fraction of sp³-hybridized carbons (Fsp3) is 0.333. The van der Waals surface area contributed by atoms with Gasteiger partial charge in [-0.25, -0.2) is 0 Å². The fourth-order valence-electron chi connectivity index (χ4n) is 1.75. The topological polar surface area (TPSA) is 0 Å². The Bertz CT molecular complexity index is 297. The summed E-state index contributed by atoms with van der Waals surface area (Å²) in [6.07, 6.45) is 6.34. The van der Waals surface area contributed by atoms with Crippen LogP contribution in [0.15, 0.2) is 55.6 Å². The Morgan fingerprint density at radius 1 is 1.13 bits per heavy atom. The van der Waals surface area contributed by atoms with Crippen molar-refractivity contribution >= 4 is 0 Å². The highest BCUT2D eigenvalue weighted by atomic mass is 14.1. The van der Waals surface area contributed by atoms with Gasteiger partial charge in [-0.05, 0) is 30.2 Å². The largest absolute Gasteiger partial charge is 0.103 e. The molecule has 1 aromatic carbocycles. The summed E-state index contributed by atoms with van der Waals surface area (Å²) in [6.45, 7) is 9.93. The summed E-state index contributed by atoms with van der Waals surface area (Å²) < 4.78 is 0. The molecule has 15 heavy (non-hydrogen) atoms. The molecule has 0 aromatic heterocycles. The summed E-state index contributed by atoms with van der Waals surface area (Å²) in [7, 11) is 0. The smallest absolute Gasteiger partial charge is 0.0173 e. The van der Waals surface area contributed by atoms with Gasteiger partial charge in [0.05, 0.1) is 0 Å². The summed E-state index contributed by atoms with van der Waals surface area (Å²) in [5.41, 5.74) is 1.40. The SMILES string of the molecule is C=C[C@@H](C)[C@@H](C=C)CCc1ccccc1. The summed E-state index contributed by atoms with van der Waals surface area (Å²) in [6, 6.07) is 10.6. The van der Waals surface area contributed by atoms with Crippen molar-refractivity contribution in [3.8, 4) is 0 Å². The van der Waals surface area contributed by atoms with Crippen LogP contribution in [0.4, 0.5) is 0 Å². The van der Waals surface area contributed by atoms with E-state index in [0.29, 0.717) is 11.8 Å². The monoisotopic (exact) mass is 200 g/mol. The van der Waals surface area contributed by atoms with E-state index in [1.165, 1.54) is 5.56 Å². The molecule has 0 nitrogen and oxygen atoms in total. The molecule has 0 aliphatic heterocycles. The Morgan fingerprint density at radius 2 is 1.80 bits per heavy atom. The standard InChI is InChI=1S/C15H20/c1-4-13(3)15(5-2)12-11-14-9-7-6-8-10-14/h4-10,13,15H,1-2,11-12H2,3H3/t13-,15+/m1/s1. The molecule has 0 spiro atoms. The zero-order valence-electron chi connectivity index (χ0n) is 9.52. The number of hydrogen-bond donors (Lipinski definition) is 0. The van der Waals surface area contributed by atoms with Gasteiger partial charge in [0, 0.05) is 0 Å². The number of aryl methyl sites for hydroxylation is 1. The van der Waals surface area contributed by atoms with E-state index in [-0.39, 0.29) is 0 Å². The van der Waals surface area contributed by atoms with Gasteiger partial charge in [0.1, 0.15) is 0 Å². The molecule has 80 valence electrons. The highest BCUT2D eigenvalue weighted by Gasteiger charge is 2.10. The van der Waals surface area contributed by atoms with Crippen LogP contribution in [-0.2, 0) is 6.42 Å². The third kappa shape index (κ3) is 3.75. The van der Waals surface area contributed by atoms with E-state index in [1.54, 1.807) is 0 Å². The Morgan fingerprint density at radius 3 is 2.33 bits per heavy atom. The van der Waals surface area contributed by atoms with E-state index in [1.807, 2.05) is 6.08 Å².